The Morgan fingerprint density at radius 3 is 1.75 bits per heavy atom. The third kappa shape index (κ3) is 2.86. The molecule has 4 rings (SSSR count). The molecule has 2 aliphatic heterocycles. The maximum absolute atomic E-state index is 5.70. The Hall–Kier alpha value is -1.78. The highest BCUT2D eigenvalue weighted by Crippen LogP contribution is 2.26. The van der Waals surface area contributed by atoms with E-state index in [0.29, 0.717) is 13.2 Å². The van der Waals surface area contributed by atoms with Gasteiger partial charge in [-0.05, 0) is 35.0 Å². The first-order valence-corrected chi connectivity index (χ1v) is 6.89. The van der Waals surface area contributed by atoms with Gasteiger partial charge in [0.1, 0.15) is 36.9 Å². The minimum atomic E-state index is 0.277. The van der Waals surface area contributed by atoms with E-state index in [4.69, 9.17) is 18.9 Å². The highest BCUT2D eigenvalue weighted by molar-refractivity contribution is 5.85. The largest absolute Gasteiger partial charge is 0.491 e. The maximum Gasteiger partial charge on any atom is 0.120 e. The molecule has 0 bridgehead atoms. The first-order valence-electron chi connectivity index (χ1n) is 6.89. The van der Waals surface area contributed by atoms with Gasteiger partial charge in [0.15, 0.2) is 0 Å². The van der Waals surface area contributed by atoms with E-state index in [9.17, 15) is 0 Å². The molecule has 0 aromatic heterocycles. The van der Waals surface area contributed by atoms with Gasteiger partial charge in [-0.15, -0.1) is 0 Å². The van der Waals surface area contributed by atoms with Crippen LogP contribution in [0.2, 0.25) is 0 Å². The third-order valence-corrected chi connectivity index (χ3v) is 3.46. The van der Waals surface area contributed by atoms with Crippen molar-refractivity contribution in [1.29, 1.82) is 0 Å². The molecule has 2 saturated heterocycles. The second-order valence-corrected chi connectivity index (χ2v) is 5.20. The Morgan fingerprint density at radius 1 is 0.800 bits per heavy atom. The van der Waals surface area contributed by atoms with Crippen molar-refractivity contribution in [3.8, 4) is 11.5 Å². The lowest BCUT2D eigenvalue weighted by atomic mass is 10.1. The molecule has 2 fully saturated rings. The number of epoxide rings is 2. The van der Waals surface area contributed by atoms with Gasteiger partial charge in [-0.2, -0.15) is 0 Å². The van der Waals surface area contributed by atoms with Crippen LogP contribution in [0, 0.1) is 0 Å². The molecule has 0 amide bonds. The number of fused-ring (bicyclic) bond motifs is 1. The van der Waals surface area contributed by atoms with Crippen LogP contribution >= 0.6 is 0 Å². The molecular weight excluding hydrogens is 256 g/mol. The Kier molecular flexibility index (Phi) is 2.98. The normalized spacial score (nSPS) is 23.6. The molecule has 0 spiro atoms. The van der Waals surface area contributed by atoms with Crippen LogP contribution in [-0.4, -0.2) is 38.6 Å². The number of ether oxygens (including phenoxy) is 4. The minimum absolute atomic E-state index is 0.277. The maximum atomic E-state index is 5.70. The van der Waals surface area contributed by atoms with Crippen molar-refractivity contribution in [1.82, 2.24) is 0 Å². The summed E-state index contributed by atoms with van der Waals surface area (Å²) in [6.07, 6.45) is 0.554. The lowest BCUT2D eigenvalue weighted by molar-refractivity contribution is 0.262. The highest BCUT2D eigenvalue weighted by atomic mass is 16.6. The quantitative estimate of drug-likeness (QED) is 0.757. The molecule has 20 heavy (non-hydrogen) atoms. The molecule has 2 unspecified atom stereocenters. The molecule has 104 valence electrons. The van der Waals surface area contributed by atoms with Crippen LogP contribution in [0.1, 0.15) is 0 Å². The fraction of sp³-hybridized carbons (Fsp3) is 0.375. The monoisotopic (exact) mass is 272 g/mol. The molecule has 2 heterocycles. The van der Waals surface area contributed by atoms with Gasteiger partial charge >= 0.3 is 0 Å². The SMILES string of the molecule is c1cc2ccc(OCC3CO3)cc2cc1OCC1CO1. The summed E-state index contributed by atoms with van der Waals surface area (Å²) in [6, 6.07) is 12.2. The summed E-state index contributed by atoms with van der Waals surface area (Å²) < 4.78 is 21.7. The van der Waals surface area contributed by atoms with Crippen LogP contribution in [0.15, 0.2) is 36.4 Å². The molecule has 2 aromatic carbocycles. The van der Waals surface area contributed by atoms with Crippen molar-refractivity contribution < 1.29 is 18.9 Å². The lowest BCUT2D eigenvalue weighted by Gasteiger charge is -2.08. The second kappa shape index (κ2) is 4.96. The molecule has 0 N–H and O–H groups in total. The van der Waals surface area contributed by atoms with E-state index in [1.54, 1.807) is 0 Å². The summed E-state index contributed by atoms with van der Waals surface area (Å²) >= 11 is 0. The number of rotatable bonds is 6. The molecular formula is C16H16O4. The summed E-state index contributed by atoms with van der Waals surface area (Å²) in [7, 11) is 0. The summed E-state index contributed by atoms with van der Waals surface area (Å²) in [5, 5.41) is 2.29. The Morgan fingerprint density at radius 2 is 1.30 bits per heavy atom. The molecule has 0 aliphatic carbocycles. The Bertz CT molecular complexity index is 566. The zero-order valence-corrected chi connectivity index (χ0v) is 11.1. The van der Waals surface area contributed by atoms with E-state index in [1.165, 1.54) is 5.39 Å². The summed E-state index contributed by atoms with van der Waals surface area (Å²) in [5.41, 5.74) is 0. The standard InChI is InChI=1S/C16H16O4/c1-3-13(17-7-15-9-19-15)5-12-6-14(4-2-11(1)12)18-8-16-10-20-16/h1-6,15-16H,7-10H2. The number of hydrogen-bond donors (Lipinski definition) is 0. The van der Waals surface area contributed by atoms with Crippen molar-refractivity contribution >= 4 is 10.8 Å². The first-order chi connectivity index (χ1) is 9.87. The van der Waals surface area contributed by atoms with E-state index >= 15 is 0 Å². The number of hydrogen-bond acceptors (Lipinski definition) is 4. The topological polar surface area (TPSA) is 43.5 Å². The van der Waals surface area contributed by atoms with Gasteiger partial charge in [-0.1, -0.05) is 12.1 Å². The summed E-state index contributed by atoms with van der Waals surface area (Å²) in [6.45, 7) is 2.88. The molecule has 4 heteroatoms. The van der Waals surface area contributed by atoms with E-state index in [-0.39, 0.29) is 12.2 Å². The summed E-state index contributed by atoms with van der Waals surface area (Å²) in [4.78, 5) is 0. The van der Waals surface area contributed by atoms with Crippen LogP contribution in [0.4, 0.5) is 0 Å². The van der Waals surface area contributed by atoms with Crippen LogP contribution in [0.25, 0.3) is 10.8 Å². The van der Waals surface area contributed by atoms with Crippen LogP contribution in [-0.2, 0) is 9.47 Å². The fourth-order valence-electron chi connectivity index (χ4n) is 2.09. The lowest BCUT2D eigenvalue weighted by Crippen LogP contribution is -2.04. The molecule has 0 saturated carbocycles. The molecule has 0 radical (unpaired) electrons. The second-order valence-electron chi connectivity index (χ2n) is 5.20. The average molecular weight is 272 g/mol. The van der Waals surface area contributed by atoms with Gasteiger partial charge < -0.3 is 18.9 Å². The van der Waals surface area contributed by atoms with Crippen LogP contribution in [0.5, 0.6) is 11.5 Å². The zero-order valence-electron chi connectivity index (χ0n) is 11.1. The van der Waals surface area contributed by atoms with Gasteiger partial charge in [0.25, 0.3) is 0 Å². The van der Waals surface area contributed by atoms with Crippen LogP contribution < -0.4 is 9.47 Å². The summed E-state index contributed by atoms with van der Waals surface area (Å²) in [5.74, 6) is 1.74. The minimum Gasteiger partial charge on any atom is -0.491 e. The molecule has 2 atom stereocenters. The van der Waals surface area contributed by atoms with Crippen molar-refractivity contribution in [2.45, 2.75) is 12.2 Å². The molecule has 2 aromatic rings. The van der Waals surface area contributed by atoms with Gasteiger partial charge in [0.2, 0.25) is 0 Å². The van der Waals surface area contributed by atoms with Crippen LogP contribution in [0.3, 0.4) is 0 Å². The molecule has 2 aliphatic rings. The van der Waals surface area contributed by atoms with Crippen molar-refractivity contribution in [2.75, 3.05) is 26.4 Å². The highest BCUT2D eigenvalue weighted by Gasteiger charge is 2.23. The first kappa shape index (κ1) is 12.0. The fourth-order valence-corrected chi connectivity index (χ4v) is 2.09. The van der Waals surface area contributed by atoms with E-state index in [0.717, 1.165) is 30.1 Å². The predicted molar refractivity (Wildman–Crippen MR) is 74.4 cm³/mol. The van der Waals surface area contributed by atoms with E-state index < -0.39 is 0 Å². The van der Waals surface area contributed by atoms with Crippen molar-refractivity contribution in [3.05, 3.63) is 36.4 Å². The van der Waals surface area contributed by atoms with Crippen molar-refractivity contribution in [3.63, 3.8) is 0 Å². The van der Waals surface area contributed by atoms with Gasteiger partial charge in [-0.25, -0.2) is 0 Å². The van der Waals surface area contributed by atoms with Gasteiger partial charge in [0.05, 0.1) is 13.2 Å². The molecule has 4 nitrogen and oxygen atoms in total. The van der Waals surface area contributed by atoms with Gasteiger partial charge in [0, 0.05) is 0 Å². The number of benzene rings is 2. The third-order valence-electron chi connectivity index (χ3n) is 3.46. The van der Waals surface area contributed by atoms with E-state index in [2.05, 4.69) is 12.1 Å². The van der Waals surface area contributed by atoms with Gasteiger partial charge in [-0.3, -0.25) is 0 Å². The van der Waals surface area contributed by atoms with Crippen molar-refractivity contribution in [2.24, 2.45) is 0 Å². The Balaban J connectivity index is 1.50. The zero-order chi connectivity index (χ0) is 13.4. The Labute approximate surface area is 117 Å². The average Bonchev–Trinajstić information content (AvgIpc) is 3.37. The predicted octanol–water partition coefficient (Wildman–Crippen LogP) is 2.40. The smallest absolute Gasteiger partial charge is 0.120 e. The van der Waals surface area contributed by atoms with E-state index in [1.807, 2.05) is 24.3 Å².